The van der Waals surface area contributed by atoms with Gasteiger partial charge in [-0.2, -0.15) is 5.16 Å². The fourth-order valence-electron chi connectivity index (χ4n) is 0.817. The van der Waals surface area contributed by atoms with Crippen LogP contribution in [-0.2, 0) is 0 Å². The number of rotatable bonds is 0. The lowest BCUT2D eigenvalue weighted by atomic mass is 10.4. The first-order chi connectivity index (χ1) is 5.79. The summed E-state index contributed by atoms with van der Waals surface area (Å²) in [4.78, 5) is 29.0. The summed E-state index contributed by atoms with van der Waals surface area (Å²) in [6, 6.07) is 0. The molecule has 0 aromatic carbocycles. The molecule has 2 heterocycles. The molecule has 0 amide bonds. The van der Waals surface area contributed by atoms with Crippen molar-refractivity contribution in [3.05, 3.63) is 33.1 Å². The van der Waals surface area contributed by atoms with Crippen molar-refractivity contribution >= 4 is 11.1 Å². The highest BCUT2D eigenvalue weighted by Crippen LogP contribution is 1.97. The Bertz CT molecular complexity index is 527. The maximum absolute atomic E-state index is 11.0. The molecule has 2 aromatic heterocycles. The van der Waals surface area contributed by atoms with E-state index >= 15 is 0 Å². The van der Waals surface area contributed by atoms with Gasteiger partial charge in [0.2, 0.25) is 5.58 Å². The Morgan fingerprint density at radius 2 is 2.25 bits per heavy atom. The second-order valence-electron chi connectivity index (χ2n) is 2.10. The van der Waals surface area contributed by atoms with Gasteiger partial charge in [0.25, 0.3) is 5.43 Å². The number of nitrogens with one attached hydrogen (secondary N) is 1. The maximum Gasteiger partial charge on any atom is 0.326 e. The zero-order valence-corrected chi connectivity index (χ0v) is 5.77. The number of fused-ring (bicyclic) bond motifs is 1. The first kappa shape index (κ1) is 6.71. The van der Waals surface area contributed by atoms with Gasteiger partial charge in [0.05, 0.1) is 6.20 Å². The van der Waals surface area contributed by atoms with Gasteiger partial charge in [0.1, 0.15) is 6.33 Å². The molecule has 0 aliphatic carbocycles. The molecule has 0 atom stereocenters. The summed E-state index contributed by atoms with van der Waals surface area (Å²) < 4.78 is 4.66. The highest BCUT2D eigenvalue weighted by atomic mass is 16.5. The number of hydrogen-bond donors (Lipinski definition) is 1. The largest absolute Gasteiger partial charge is 0.375 e. The average molecular weight is 165 g/mol. The van der Waals surface area contributed by atoms with Gasteiger partial charge in [-0.3, -0.25) is 9.59 Å². The van der Waals surface area contributed by atoms with Crippen molar-refractivity contribution < 1.29 is 4.52 Å². The molecule has 2 aromatic rings. The molecule has 0 unspecified atom stereocenters. The quantitative estimate of drug-likeness (QED) is 0.520. The Hall–Kier alpha value is -1.98. The van der Waals surface area contributed by atoms with Crippen molar-refractivity contribution in [2.75, 3.05) is 0 Å². The van der Waals surface area contributed by atoms with Crippen molar-refractivity contribution in [2.24, 2.45) is 0 Å². The second-order valence-corrected chi connectivity index (χ2v) is 2.10. The summed E-state index contributed by atoms with van der Waals surface area (Å²) in [5, 5.41) is 1.92. The first-order valence-corrected chi connectivity index (χ1v) is 3.10. The van der Waals surface area contributed by atoms with E-state index in [0.29, 0.717) is 0 Å². The van der Waals surface area contributed by atoms with Crippen molar-refractivity contribution in [1.82, 2.24) is 15.1 Å². The third kappa shape index (κ3) is 0.815. The van der Waals surface area contributed by atoms with E-state index in [1.807, 2.05) is 5.16 Å². The van der Waals surface area contributed by atoms with Crippen LogP contribution in [0.15, 0.2) is 26.6 Å². The molecule has 6 heteroatoms. The van der Waals surface area contributed by atoms with Gasteiger partial charge < -0.3 is 4.52 Å². The van der Waals surface area contributed by atoms with Crippen LogP contribution < -0.4 is 11.0 Å². The van der Waals surface area contributed by atoms with Crippen molar-refractivity contribution in [1.29, 1.82) is 0 Å². The van der Waals surface area contributed by atoms with Gasteiger partial charge in [-0.05, 0) is 0 Å². The van der Waals surface area contributed by atoms with E-state index in [9.17, 15) is 9.59 Å². The molecule has 6 nitrogen and oxygen atoms in total. The normalized spacial score (nSPS) is 10.3. The molecule has 0 spiro atoms. The van der Waals surface area contributed by atoms with E-state index in [0.717, 1.165) is 0 Å². The van der Waals surface area contributed by atoms with E-state index in [2.05, 4.69) is 14.5 Å². The maximum atomic E-state index is 11.0. The SMILES string of the molecule is O=c1[nH]oc2cncnc2c1=O. The summed E-state index contributed by atoms with van der Waals surface area (Å²) >= 11 is 0. The van der Waals surface area contributed by atoms with Gasteiger partial charge in [-0.25, -0.2) is 9.97 Å². The van der Waals surface area contributed by atoms with Crippen LogP contribution in [0, 0.1) is 0 Å². The molecule has 0 fully saturated rings. The minimum atomic E-state index is -0.818. The average Bonchev–Trinajstić information content (AvgIpc) is 2.12. The molecule has 12 heavy (non-hydrogen) atoms. The highest BCUT2D eigenvalue weighted by Gasteiger charge is 2.03. The van der Waals surface area contributed by atoms with E-state index in [1.54, 1.807) is 0 Å². The van der Waals surface area contributed by atoms with Crippen LogP contribution in [0.25, 0.3) is 11.1 Å². The van der Waals surface area contributed by atoms with Crippen LogP contribution in [0.3, 0.4) is 0 Å². The summed E-state index contributed by atoms with van der Waals surface area (Å²) in [6.07, 6.45) is 2.48. The number of H-pyrrole nitrogens is 1. The lowest BCUT2D eigenvalue weighted by Gasteiger charge is -1.89. The minimum absolute atomic E-state index is 0.00579. The number of hydrogen-bond acceptors (Lipinski definition) is 5. The smallest absolute Gasteiger partial charge is 0.326 e. The Labute approximate surface area is 64.9 Å². The van der Waals surface area contributed by atoms with Gasteiger partial charge in [0, 0.05) is 0 Å². The predicted octanol–water partition coefficient (Wildman–Crippen LogP) is -0.729. The summed E-state index contributed by atoms with van der Waals surface area (Å²) in [5.74, 6) is 0. The monoisotopic (exact) mass is 165 g/mol. The number of aromatic nitrogens is 3. The van der Waals surface area contributed by atoms with Crippen molar-refractivity contribution in [3.8, 4) is 0 Å². The molecule has 0 radical (unpaired) electrons. The summed E-state index contributed by atoms with van der Waals surface area (Å²) in [5.41, 5.74) is -1.37. The molecule has 0 bridgehead atoms. The third-order valence-electron chi connectivity index (χ3n) is 1.35. The number of nitrogens with zero attached hydrogens (tertiary/aromatic N) is 2. The van der Waals surface area contributed by atoms with Crippen LogP contribution in [0.1, 0.15) is 0 Å². The zero-order chi connectivity index (χ0) is 8.55. The van der Waals surface area contributed by atoms with E-state index in [4.69, 9.17) is 0 Å². The molecule has 2 rings (SSSR count). The van der Waals surface area contributed by atoms with Crippen molar-refractivity contribution in [2.45, 2.75) is 0 Å². The standard InChI is InChI=1S/C6H3N3O3/c10-5-4-3(1-7-2-8-4)12-9-6(5)11/h1-2H,(H,9,11). The number of aromatic amines is 1. The Balaban J connectivity index is 3.11. The van der Waals surface area contributed by atoms with Gasteiger partial charge >= 0.3 is 5.56 Å². The van der Waals surface area contributed by atoms with E-state index in [-0.39, 0.29) is 11.1 Å². The minimum Gasteiger partial charge on any atom is -0.375 e. The molecule has 0 saturated heterocycles. The van der Waals surface area contributed by atoms with E-state index in [1.165, 1.54) is 12.5 Å². The highest BCUT2D eigenvalue weighted by molar-refractivity contribution is 5.68. The topological polar surface area (TPSA) is 88.8 Å². The predicted molar refractivity (Wildman–Crippen MR) is 38.7 cm³/mol. The second kappa shape index (κ2) is 2.26. The Morgan fingerprint density at radius 1 is 1.42 bits per heavy atom. The van der Waals surface area contributed by atoms with Crippen LogP contribution in [-0.4, -0.2) is 15.1 Å². The molecule has 0 aliphatic rings. The molecule has 1 N–H and O–H groups in total. The van der Waals surface area contributed by atoms with Crippen LogP contribution in [0.2, 0.25) is 0 Å². The molecule has 0 aliphatic heterocycles. The van der Waals surface area contributed by atoms with Gasteiger partial charge in [-0.1, -0.05) is 0 Å². The zero-order valence-electron chi connectivity index (χ0n) is 5.77. The third-order valence-corrected chi connectivity index (χ3v) is 1.35. The van der Waals surface area contributed by atoms with Crippen molar-refractivity contribution in [3.63, 3.8) is 0 Å². The molecule has 60 valence electrons. The fraction of sp³-hybridized carbons (Fsp3) is 0. The fourth-order valence-corrected chi connectivity index (χ4v) is 0.817. The van der Waals surface area contributed by atoms with Gasteiger partial charge in [-0.15, -0.1) is 0 Å². The van der Waals surface area contributed by atoms with Crippen LogP contribution in [0.4, 0.5) is 0 Å². The first-order valence-electron chi connectivity index (χ1n) is 3.10. The molecular weight excluding hydrogens is 162 g/mol. The van der Waals surface area contributed by atoms with Crippen LogP contribution in [0.5, 0.6) is 0 Å². The summed E-state index contributed by atoms with van der Waals surface area (Å²) in [6.45, 7) is 0. The van der Waals surface area contributed by atoms with Crippen LogP contribution >= 0.6 is 0 Å². The molecular formula is C6H3N3O3. The Kier molecular flexibility index (Phi) is 1.26. The van der Waals surface area contributed by atoms with Gasteiger partial charge in [0.15, 0.2) is 5.52 Å². The molecule has 0 saturated carbocycles. The lowest BCUT2D eigenvalue weighted by Crippen LogP contribution is -2.26. The lowest BCUT2D eigenvalue weighted by molar-refractivity contribution is 0.428. The Morgan fingerprint density at radius 3 is 3.08 bits per heavy atom. The summed E-state index contributed by atoms with van der Waals surface area (Å²) in [7, 11) is 0. The van der Waals surface area contributed by atoms with E-state index < -0.39 is 11.0 Å².